The van der Waals surface area contributed by atoms with E-state index >= 15 is 0 Å². The van der Waals surface area contributed by atoms with Crippen molar-refractivity contribution in [1.82, 2.24) is 4.90 Å². The van der Waals surface area contributed by atoms with E-state index in [0.717, 1.165) is 5.56 Å². The molecule has 3 N–H and O–H groups in total. The first-order valence-corrected chi connectivity index (χ1v) is 8.19. The fraction of sp³-hybridized carbons (Fsp3) is 0.556. The highest BCUT2D eigenvalue weighted by molar-refractivity contribution is 5.90. The number of benzene rings is 1. The normalized spacial score (nSPS) is 11.2. The predicted molar refractivity (Wildman–Crippen MR) is 93.9 cm³/mol. The lowest BCUT2D eigenvalue weighted by Crippen LogP contribution is -2.37. The molecule has 0 unspecified atom stereocenters. The second-order valence-corrected chi connectivity index (χ2v) is 7.13. The average molecular weight is 336 g/mol. The second-order valence-electron chi connectivity index (χ2n) is 7.13. The number of rotatable bonds is 8. The van der Waals surface area contributed by atoms with E-state index in [2.05, 4.69) is 5.32 Å². The van der Waals surface area contributed by atoms with Crippen molar-refractivity contribution in [2.24, 2.45) is 5.41 Å². The molecule has 1 aromatic rings. The smallest absolute Gasteiger partial charge is 0.407 e. The molecular weight excluding hydrogens is 308 g/mol. The van der Waals surface area contributed by atoms with Crippen molar-refractivity contribution < 1.29 is 19.8 Å². The number of carboxylic acid groups (broad SMARTS) is 1. The summed E-state index contributed by atoms with van der Waals surface area (Å²) in [5.41, 5.74) is 1.40. The van der Waals surface area contributed by atoms with Crippen LogP contribution >= 0.6 is 0 Å². The minimum atomic E-state index is -0.918. The highest BCUT2D eigenvalue weighted by Crippen LogP contribution is 2.16. The number of carbonyl (C=O) groups excluding carboxylic acids is 1. The predicted octanol–water partition coefficient (Wildman–Crippen LogP) is 3.31. The van der Waals surface area contributed by atoms with Crippen LogP contribution in [0.5, 0.6) is 0 Å². The molecule has 2 amide bonds. The van der Waals surface area contributed by atoms with Crippen LogP contribution in [0.2, 0.25) is 0 Å². The number of anilines is 1. The van der Waals surface area contributed by atoms with Gasteiger partial charge in [-0.05, 0) is 36.0 Å². The second kappa shape index (κ2) is 9.27. The Hall–Kier alpha value is -2.08. The number of hydrogen-bond acceptors (Lipinski definition) is 3. The Bertz CT molecular complexity index is 535. The van der Waals surface area contributed by atoms with E-state index in [1.165, 1.54) is 4.90 Å². The van der Waals surface area contributed by atoms with E-state index in [1.54, 1.807) is 24.3 Å². The molecule has 24 heavy (non-hydrogen) atoms. The molecule has 0 heterocycles. The third-order valence-electron chi connectivity index (χ3n) is 3.44. The van der Waals surface area contributed by atoms with Crippen molar-refractivity contribution in [3.63, 3.8) is 0 Å². The van der Waals surface area contributed by atoms with Gasteiger partial charge in [0, 0.05) is 25.2 Å². The van der Waals surface area contributed by atoms with Gasteiger partial charge in [0.2, 0.25) is 5.91 Å². The van der Waals surface area contributed by atoms with Crippen molar-refractivity contribution in [2.75, 3.05) is 18.4 Å². The van der Waals surface area contributed by atoms with Crippen LogP contribution in [-0.4, -0.2) is 40.2 Å². The van der Waals surface area contributed by atoms with Gasteiger partial charge in [-0.3, -0.25) is 4.79 Å². The Morgan fingerprint density at radius 3 is 2.25 bits per heavy atom. The summed E-state index contributed by atoms with van der Waals surface area (Å²) in [5.74, 6) is -0.0931. The Labute approximate surface area is 143 Å². The summed E-state index contributed by atoms with van der Waals surface area (Å²) < 4.78 is 0. The van der Waals surface area contributed by atoms with Gasteiger partial charge in [0.05, 0.1) is 6.61 Å². The van der Waals surface area contributed by atoms with Gasteiger partial charge in [0.1, 0.15) is 0 Å². The van der Waals surface area contributed by atoms with Crippen LogP contribution in [0.3, 0.4) is 0 Å². The van der Waals surface area contributed by atoms with Gasteiger partial charge in [0.15, 0.2) is 0 Å². The molecule has 0 fully saturated rings. The maximum Gasteiger partial charge on any atom is 0.407 e. The summed E-state index contributed by atoms with van der Waals surface area (Å²) >= 11 is 0. The first-order valence-electron chi connectivity index (χ1n) is 8.19. The Morgan fingerprint density at radius 1 is 1.12 bits per heavy atom. The minimum Gasteiger partial charge on any atom is -0.465 e. The first kappa shape index (κ1) is 20.0. The number of unbranched alkanes of at least 4 members (excludes halogenated alkanes) is 1. The molecule has 0 saturated carbocycles. The van der Waals surface area contributed by atoms with Crippen molar-refractivity contribution >= 4 is 17.7 Å². The molecule has 0 spiro atoms. The molecule has 0 aliphatic carbocycles. The lowest BCUT2D eigenvalue weighted by atomic mass is 9.96. The molecule has 6 nitrogen and oxygen atoms in total. The highest BCUT2D eigenvalue weighted by Gasteiger charge is 2.19. The molecule has 0 aliphatic rings. The maximum absolute atomic E-state index is 11.9. The van der Waals surface area contributed by atoms with Crippen LogP contribution in [-0.2, 0) is 11.4 Å². The van der Waals surface area contributed by atoms with Gasteiger partial charge in [0.25, 0.3) is 0 Å². The number of aliphatic hydroxyl groups is 1. The highest BCUT2D eigenvalue weighted by atomic mass is 16.4. The van der Waals surface area contributed by atoms with Gasteiger partial charge in [-0.1, -0.05) is 32.9 Å². The quantitative estimate of drug-likeness (QED) is 0.635. The maximum atomic E-state index is 11.9. The summed E-state index contributed by atoms with van der Waals surface area (Å²) in [6.07, 6.45) is 0.719. The molecule has 0 saturated heterocycles. The fourth-order valence-electron chi connectivity index (χ4n) is 2.32. The Morgan fingerprint density at radius 2 is 1.75 bits per heavy atom. The summed E-state index contributed by atoms with van der Waals surface area (Å²) in [4.78, 5) is 24.5. The van der Waals surface area contributed by atoms with Crippen molar-refractivity contribution in [3.8, 4) is 0 Å². The number of amides is 2. The molecule has 1 rings (SSSR count). The standard InChI is InChI=1S/C18H28N2O4/c1-18(2,3)13-20(17(23)24)11-5-4-6-16(22)19-15-9-7-14(12-21)8-10-15/h7-10,21H,4-6,11-13H2,1-3H3,(H,19,22)(H,23,24). The molecule has 1 aromatic carbocycles. The van der Waals surface area contributed by atoms with Crippen LogP contribution < -0.4 is 5.32 Å². The molecule has 0 bridgehead atoms. The summed E-state index contributed by atoms with van der Waals surface area (Å²) in [6.45, 7) is 6.88. The lowest BCUT2D eigenvalue weighted by molar-refractivity contribution is -0.116. The van der Waals surface area contributed by atoms with Crippen LogP contribution in [0.1, 0.15) is 45.6 Å². The third-order valence-corrected chi connectivity index (χ3v) is 3.44. The zero-order chi connectivity index (χ0) is 18.2. The minimum absolute atomic E-state index is 0.0249. The SMILES string of the molecule is CC(C)(C)CN(CCCCC(=O)Nc1ccc(CO)cc1)C(=O)O. The number of carbonyl (C=O) groups is 2. The van der Waals surface area contributed by atoms with Gasteiger partial charge in [-0.2, -0.15) is 0 Å². The Kier molecular flexibility index (Phi) is 7.71. The van der Waals surface area contributed by atoms with Gasteiger partial charge >= 0.3 is 6.09 Å². The van der Waals surface area contributed by atoms with Crippen molar-refractivity contribution in [3.05, 3.63) is 29.8 Å². The van der Waals surface area contributed by atoms with Gasteiger partial charge < -0.3 is 20.4 Å². The summed E-state index contributed by atoms with van der Waals surface area (Å²) in [7, 11) is 0. The largest absolute Gasteiger partial charge is 0.465 e. The molecular formula is C18H28N2O4. The zero-order valence-electron chi connectivity index (χ0n) is 14.7. The van der Waals surface area contributed by atoms with E-state index in [-0.39, 0.29) is 17.9 Å². The van der Waals surface area contributed by atoms with Crippen LogP contribution in [0, 0.1) is 5.41 Å². The summed E-state index contributed by atoms with van der Waals surface area (Å²) in [5, 5.41) is 21.0. The molecule has 134 valence electrons. The molecule has 0 aromatic heterocycles. The van der Waals surface area contributed by atoms with E-state index in [0.29, 0.717) is 38.0 Å². The van der Waals surface area contributed by atoms with Crippen LogP contribution in [0.25, 0.3) is 0 Å². The number of aliphatic hydroxyl groups excluding tert-OH is 1. The first-order chi connectivity index (χ1) is 11.2. The van der Waals surface area contributed by atoms with Gasteiger partial charge in [-0.15, -0.1) is 0 Å². The van der Waals surface area contributed by atoms with Gasteiger partial charge in [-0.25, -0.2) is 4.79 Å². The average Bonchev–Trinajstić information content (AvgIpc) is 2.49. The van der Waals surface area contributed by atoms with Crippen molar-refractivity contribution in [2.45, 2.75) is 46.6 Å². The zero-order valence-corrected chi connectivity index (χ0v) is 14.7. The van der Waals surface area contributed by atoms with E-state index in [1.807, 2.05) is 20.8 Å². The molecule has 0 atom stereocenters. The molecule has 0 radical (unpaired) electrons. The van der Waals surface area contributed by atoms with Crippen LogP contribution in [0.15, 0.2) is 24.3 Å². The van der Waals surface area contributed by atoms with Crippen LogP contribution in [0.4, 0.5) is 10.5 Å². The van der Waals surface area contributed by atoms with E-state index in [9.17, 15) is 14.7 Å². The topological polar surface area (TPSA) is 89.9 Å². The lowest BCUT2D eigenvalue weighted by Gasteiger charge is -2.27. The van der Waals surface area contributed by atoms with E-state index in [4.69, 9.17) is 5.11 Å². The Balaban J connectivity index is 2.32. The molecule has 6 heteroatoms. The van der Waals surface area contributed by atoms with E-state index < -0.39 is 6.09 Å². The number of nitrogens with zero attached hydrogens (tertiary/aromatic N) is 1. The summed E-state index contributed by atoms with van der Waals surface area (Å²) in [6, 6.07) is 7.01. The monoisotopic (exact) mass is 336 g/mol. The molecule has 0 aliphatic heterocycles. The fourth-order valence-corrected chi connectivity index (χ4v) is 2.32. The third kappa shape index (κ3) is 7.97. The number of hydrogen-bond donors (Lipinski definition) is 3. The van der Waals surface area contributed by atoms with Crippen molar-refractivity contribution in [1.29, 1.82) is 0 Å². The number of nitrogens with one attached hydrogen (secondary N) is 1.